The van der Waals surface area contributed by atoms with Gasteiger partial charge in [-0.15, -0.1) is 0 Å². The van der Waals surface area contributed by atoms with Crippen molar-refractivity contribution in [2.24, 2.45) is 5.41 Å². The lowest BCUT2D eigenvalue weighted by Crippen LogP contribution is -2.33. The first-order valence-electron chi connectivity index (χ1n) is 5.78. The van der Waals surface area contributed by atoms with Crippen molar-refractivity contribution in [2.75, 3.05) is 0 Å². The van der Waals surface area contributed by atoms with Crippen LogP contribution in [0.25, 0.3) is 0 Å². The van der Waals surface area contributed by atoms with Crippen LogP contribution in [0.2, 0.25) is 0 Å². The number of aryl methyl sites for hydroxylation is 2. The highest BCUT2D eigenvalue weighted by molar-refractivity contribution is 5.74. The summed E-state index contributed by atoms with van der Waals surface area (Å²) in [7, 11) is 0. The van der Waals surface area contributed by atoms with E-state index in [1.54, 1.807) is 0 Å². The van der Waals surface area contributed by atoms with Crippen LogP contribution in [-0.4, -0.2) is 20.9 Å². The topological polar surface area (TPSA) is 55.1 Å². The van der Waals surface area contributed by atoms with Gasteiger partial charge in [0.05, 0.1) is 17.7 Å². The number of carboxylic acid groups (broad SMARTS) is 1. The van der Waals surface area contributed by atoms with Crippen molar-refractivity contribution in [1.82, 2.24) is 9.78 Å². The van der Waals surface area contributed by atoms with Gasteiger partial charge in [0.2, 0.25) is 0 Å². The van der Waals surface area contributed by atoms with Crippen LogP contribution in [0.5, 0.6) is 0 Å². The van der Waals surface area contributed by atoms with Gasteiger partial charge in [0.1, 0.15) is 0 Å². The molecule has 0 atom stereocenters. The molecule has 4 heteroatoms. The highest BCUT2D eigenvalue weighted by Gasteiger charge is 2.42. The quantitative estimate of drug-likeness (QED) is 0.852. The molecule has 0 aliphatic heterocycles. The summed E-state index contributed by atoms with van der Waals surface area (Å²) < 4.78 is 1.84. The van der Waals surface area contributed by atoms with E-state index in [1.165, 1.54) is 0 Å². The standard InChI is InChI=1S/C12H18N2O2/c1-9-7-10(2)14(13-9)8-12(11(15)16)5-3-4-6-12/h7H,3-6,8H2,1-2H3,(H,15,16). The lowest BCUT2D eigenvalue weighted by atomic mass is 9.86. The predicted molar refractivity (Wildman–Crippen MR) is 60.2 cm³/mol. The normalized spacial score (nSPS) is 18.9. The zero-order chi connectivity index (χ0) is 11.8. The second-order valence-corrected chi connectivity index (χ2v) is 4.88. The van der Waals surface area contributed by atoms with Gasteiger partial charge >= 0.3 is 5.97 Å². The number of hydrogen-bond donors (Lipinski definition) is 1. The Kier molecular flexibility index (Phi) is 2.74. The van der Waals surface area contributed by atoms with Crippen LogP contribution in [0, 0.1) is 19.3 Å². The Morgan fingerprint density at radius 2 is 2.12 bits per heavy atom. The maximum atomic E-state index is 11.4. The maximum Gasteiger partial charge on any atom is 0.311 e. The van der Waals surface area contributed by atoms with Gasteiger partial charge in [-0.3, -0.25) is 9.48 Å². The van der Waals surface area contributed by atoms with E-state index < -0.39 is 11.4 Å². The lowest BCUT2D eigenvalue weighted by molar-refractivity contribution is -0.149. The van der Waals surface area contributed by atoms with Crippen molar-refractivity contribution < 1.29 is 9.90 Å². The molecule has 16 heavy (non-hydrogen) atoms. The van der Waals surface area contributed by atoms with Gasteiger partial charge in [0.15, 0.2) is 0 Å². The zero-order valence-corrected chi connectivity index (χ0v) is 9.86. The first-order chi connectivity index (χ1) is 7.53. The number of rotatable bonds is 3. The number of aromatic nitrogens is 2. The van der Waals surface area contributed by atoms with Crippen molar-refractivity contribution in [3.63, 3.8) is 0 Å². The first-order valence-corrected chi connectivity index (χ1v) is 5.78. The Morgan fingerprint density at radius 1 is 1.50 bits per heavy atom. The highest BCUT2D eigenvalue weighted by atomic mass is 16.4. The van der Waals surface area contributed by atoms with Crippen LogP contribution < -0.4 is 0 Å². The molecule has 1 fully saturated rings. The third-order valence-corrected chi connectivity index (χ3v) is 3.57. The Bertz CT molecular complexity index is 403. The Labute approximate surface area is 95.3 Å². The third-order valence-electron chi connectivity index (χ3n) is 3.57. The van der Waals surface area contributed by atoms with Gasteiger partial charge in [0.25, 0.3) is 0 Å². The lowest BCUT2D eigenvalue weighted by Gasteiger charge is -2.24. The Morgan fingerprint density at radius 3 is 2.56 bits per heavy atom. The van der Waals surface area contributed by atoms with Crippen molar-refractivity contribution in [3.05, 3.63) is 17.5 Å². The Balaban J connectivity index is 2.24. The molecule has 0 saturated heterocycles. The van der Waals surface area contributed by atoms with Crippen LogP contribution >= 0.6 is 0 Å². The SMILES string of the molecule is Cc1cc(C)n(CC2(C(=O)O)CCCC2)n1. The van der Waals surface area contributed by atoms with Gasteiger partial charge < -0.3 is 5.11 Å². The minimum Gasteiger partial charge on any atom is -0.481 e. The van der Waals surface area contributed by atoms with Crippen molar-refractivity contribution in [2.45, 2.75) is 46.1 Å². The van der Waals surface area contributed by atoms with Crippen molar-refractivity contribution >= 4 is 5.97 Å². The van der Waals surface area contributed by atoms with Crippen LogP contribution in [0.4, 0.5) is 0 Å². The average molecular weight is 222 g/mol. The molecule has 1 aliphatic carbocycles. The summed E-state index contributed by atoms with van der Waals surface area (Å²) in [6, 6.07) is 1.99. The number of nitrogens with zero attached hydrogens (tertiary/aromatic N) is 2. The van der Waals surface area contributed by atoms with Crippen LogP contribution in [0.15, 0.2) is 6.07 Å². The molecule has 88 valence electrons. The number of carbonyl (C=O) groups is 1. The predicted octanol–water partition coefficient (Wildman–Crippen LogP) is 2.14. The molecular weight excluding hydrogens is 204 g/mol. The fraction of sp³-hybridized carbons (Fsp3) is 0.667. The molecule has 1 saturated carbocycles. The summed E-state index contributed by atoms with van der Waals surface area (Å²) in [5.74, 6) is -0.669. The smallest absolute Gasteiger partial charge is 0.311 e. The summed E-state index contributed by atoms with van der Waals surface area (Å²) in [6.07, 6.45) is 3.60. The fourth-order valence-corrected chi connectivity index (χ4v) is 2.61. The van der Waals surface area contributed by atoms with E-state index in [1.807, 2.05) is 24.6 Å². The van der Waals surface area contributed by atoms with E-state index in [-0.39, 0.29) is 0 Å². The molecule has 2 rings (SSSR count). The summed E-state index contributed by atoms with van der Waals surface area (Å²) >= 11 is 0. The summed E-state index contributed by atoms with van der Waals surface area (Å²) in [6.45, 7) is 4.43. The van der Waals surface area contributed by atoms with Gasteiger partial charge in [-0.05, 0) is 32.8 Å². The number of aliphatic carboxylic acids is 1. The summed E-state index contributed by atoms with van der Waals surface area (Å²) in [4.78, 5) is 11.4. The van der Waals surface area contributed by atoms with Gasteiger partial charge in [-0.25, -0.2) is 0 Å². The molecule has 0 amide bonds. The summed E-state index contributed by atoms with van der Waals surface area (Å²) in [5.41, 5.74) is 1.42. The molecule has 0 bridgehead atoms. The second-order valence-electron chi connectivity index (χ2n) is 4.88. The number of carboxylic acids is 1. The third kappa shape index (κ3) is 1.84. The minimum absolute atomic E-state index is 0.516. The van der Waals surface area contributed by atoms with Gasteiger partial charge in [0, 0.05) is 5.69 Å². The minimum atomic E-state index is -0.669. The van der Waals surface area contributed by atoms with E-state index in [4.69, 9.17) is 0 Å². The second kappa shape index (κ2) is 3.92. The van der Waals surface area contributed by atoms with Crippen LogP contribution in [0.3, 0.4) is 0 Å². The van der Waals surface area contributed by atoms with Crippen molar-refractivity contribution in [3.8, 4) is 0 Å². The molecular formula is C12H18N2O2. The van der Waals surface area contributed by atoms with Crippen molar-refractivity contribution in [1.29, 1.82) is 0 Å². The largest absolute Gasteiger partial charge is 0.481 e. The summed E-state index contributed by atoms with van der Waals surface area (Å²) in [5, 5.41) is 13.7. The van der Waals surface area contributed by atoms with E-state index in [9.17, 15) is 9.90 Å². The van der Waals surface area contributed by atoms with Gasteiger partial charge in [-0.2, -0.15) is 5.10 Å². The highest BCUT2D eigenvalue weighted by Crippen LogP contribution is 2.39. The van der Waals surface area contributed by atoms with Crippen LogP contribution in [0.1, 0.15) is 37.1 Å². The zero-order valence-electron chi connectivity index (χ0n) is 9.86. The van der Waals surface area contributed by atoms with E-state index in [0.29, 0.717) is 6.54 Å². The molecule has 1 N–H and O–H groups in total. The van der Waals surface area contributed by atoms with E-state index in [0.717, 1.165) is 37.1 Å². The van der Waals surface area contributed by atoms with E-state index in [2.05, 4.69) is 5.10 Å². The van der Waals surface area contributed by atoms with E-state index >= 15 is 0 Å². The molecule has 0 unspecified atom stereocenters. The molecule has 1 aromatic heterocycles. The molecule has 0 spiro atoms. The Hall–Kier alpha value is -1.32. The molecule has 0 aromatic carbocycles. The molecule has 0 radical (unpaired) electrons. The number of hydrogen-bond acceptors (Lipinski definition) is 2. The molecule has 1 aromatic rings. The average Bonchev–Trinajstić information content (AvgIpc) is 2.76. The maximum absolute atomic E-state index is 11.4. The first kappa shape index (κ1) is 11.2. The molecule has 4 nitrogen and oxygen atoms in total. The fourth-order valence-electron chi connectivity index (χ4n) is 2.61. The monoisotopic (exact) mass is 222 g/mol. The van der Waals surface area contributed by atoms with Gasteiger partial charge in [-0.1, -0.05) is 12.8 Å². The molecule has 1 aliphatic rings. The van der Waals surface area contributed by atoms with Crippen LogP contribution in [-0.2, 0) is 11.3 Å². The molecule has 1 heterocycles.